The van der Waals surface area contributed by atoms with E-state index >= 15 is 0 Å². The Morgan fingerprint density at radius 2 is 1.94 bits per heavy atom. The fraction of sp³-hybridized carbons (Fsp3) is 0.600. The van der Waals surface area contributed by atoms with Crippen molar-refractivity contribution in [2.75, 3.05) is 26.2 Å². The molecule has 1 aliphatic heterocycles. The fourth-order valence-corrected chi connectivity index (χ4v) is 3.83. The number of benzene rings is 1. The Morgan fingerprint density at radius 3 is 2.72 bits per heavy atom. The van der Waals surface area contributed by atoms with Crippen molar-refractivity contribution in [3.05, 3.63) is 41.6 Å². The second kappa shape index (κ2) is 12.5. The Labute approximate surface area is 191 Å². The maximum absolute atomic E-state index is 12.8. The van der Waals surface area contributed by atoms with Crippen molar-refractivity contribution in [2.45, 2.75) is 64.5 Å². The van der Waals surface area contributed by atoms with Gasteiger partial charge in [0.2, 0.25) is 11.8 Å². The third-order valence-electron chi connectivity index (χ3n) is 5.87. The van der Waals surface area contributed by atoms with Gasteiger partial charge in [0.15, 0.2) is 0 Å². The van der Waals surface area contributed by atoms with Crippen LogP contribution in [0.5, 0.6) is 5.75 Å². The first kappa shape index (κ1) is 24.1. The van der Waals surface area contributed by atoms with Crippen LogP contribution < -0.4 is 26.0 Å². The van der Waals surface area contributed by atoms with Crippen molar-refractivity contribution >= 4 is 11.8 Å². The van der Waals surface area contributed by atoms with Crippen LogP contribution in [-0.4, -0.2) is 50.1 Å². The highest BCUT2D eigenvalue weighted by atomic mass is 16.5. The molecule has 2 atom stereocenters. The Balaban J connectivity index is 1.69. The molecule has 32 heavy (non-hydrogen) atoms. The number of carbonyl (C=O) groups is 2. The number of carbonyl (C=O) groups excluding carboxylic acids is 2. The van der Waals surface area contributed by atoms with Crippen molar-refractivity contribution in [3.8, 4) is 5.75 Å². The molecule has 1 saturated carbocycles. The summed E-state index contributed by atoms with van der Waals surface area (Å²) in [5, 5.41) is 12.7. The highest BCUT2D eigenvalue weighted by Crippen LogP contribution is 2.33. The van der Waals surface area contributed by atoms with E-state index in [1.165, 1.54) is 0 Å². The van der Waals surface area contributed by atoms with Gasteiger partial charge in [0.05, 0.1) is 6.54 Å². The molecule has 0 bridgehead atoms. The maximum atomic E-state index is 12.8. The summed E-state index contributed by atoms with van der Waals surface area (Å²) in [7, 11) is 0. The molecule has 4 N–H and O–H groups in total. The van der Waals surface area contributed by atoms with Crippen molar-refractivity contribution in [1.82, 2.24) is 21.3 Å². The number of amides is 2. The van der Waals surface area contributed by atoms with Crippen LogP contribution >= 0.6 is 0 Å². The van der Waals surface area contributed by atoms with E-state index in [1.807, 2.05) is 18.2 Å². The second-order valence-corrected chi connectivity index (χ2v) is 8.89. The Hall–Kier alpha value is -2.54. The summed E-state index contributed by atoms with van der Waals surface area (Å²) >= 11 is 0. The molecule has 0 radical (unpaired) electrons. The minimum atomic E-state index is -0.469. The van der Waals surface area contributed by atoms with Crippen LogP contribution in [0.4, 0.5) is 0 Å². The Morgan fingerprint density at radius 1 is 1.12 bits per heavy atom. The van der Waals surface area contributed by atoms with Gasteiger partial charge < -0.3 is 26.0 Å². The molecule has 2 amide bonds. The van der Waals surface area contributed by atoms with Gasteiger partial charge in [-0.25, -0.2) is 0 Å². The number of hydrogen-bond donors (Lipinski definition) is 4. The highest BCUT2D eigenvalue weighted by molar-refractivity contribution is 5.88. The van der Waals surface area contributed by atoms with E-state index in [1.54, 1.807) is 0 Å². The lowest BCUT2D eigenvalue weighted by atomic mass is 10.1. The summed E-state index contributed by atoms with van der Waals surface area (Å²) in [6, 6.07) is 7.77. The molecular formula is C25H38N4O3. The predicted octanol–water partition coefficient (Wildman–Crippen LogP) is 2.27. The summed E-state index contributed by atoms with van der Waals surface area (Å²) in [6.45, 7) is 6.06. The lowest BCUT2D eigenvalue weighted by molar-refractivity contribution is -0.128. The van der Waals surface area contributed by atoms with Crippen LogP contribution in [0.1, 0.15) is 51.5 Å². The van der Waals surface area contributed by atoms with Gasteiger partial charge in [0.1, 0.15) is 18.4 Å². The van der Waals surface area contributed by atoms with Crippen LogP contribution in [0, 0.1) is 5.92 Å². The standard InChI is InChI=1S/C25H38N4O3/c1-3-7-21-15-27-18(2)17-32-23-10-5-4-8-20(23)9-6-13-26-25(31)22(14-19-11-12-19)29-24(30)16-28-21/h4-5,7-8,10,18-19,22,27-28H,3,6,9,11-17H2,1-2H3,(H,26,31)(H,29,30)/t18-,22?/m0/s1. The molecule has 1 unspecified atom stereocenters. The van der Waals surface area contributed by atoms with Gasteiger partial charge in [0, 0.05) is 24.8 Å². The van der Waals surface area contributed by atoms with E-state index in [4.69, 9.17) is 4.74 Å². The largest absolute Gasteiger partial charge is 0.492 e. The summed E-state index contributed by atoms with van der Waals surface area (Å²) in [4.78, 5) is 25.3. The van der Waals surface area contributed by atoms with Crippen LogP contribution in [0.3, 0.4) is 0 Å². The van der Waals surface area contributed by atoms with Crippen molar-refractivity contribution in [1.29, 1.82) is 0 Å². The summed E-state index contributed by atoms with van der Waals surface area (Å²) in [5.41, 5.74) is 2.12. The van der Waals surface area contributed by atoms with E-state index < -0.39 is 6.04 Å². The van der Waals surface area contributed by atoms with E-state index in [9.17, 15) is 9.59 Å². The minimum absolute atomic E-state index is 0.0873. The maximum Gasteiger partial charge on any atom is 0.242 e. The van der Waals surface area contributed by atoms with Crippen molar-refractivity contribution in [3.63, 3.8) is 0 Å². The topological polar surface area (TPSA) is 91.5 Å². The lowest BCUT2D eigenvalue weighted by Crippen LogP contribution is -2.49. The highest BCUT2D eigenvalue weighted by Gasteiger charge is 2.30. The van der Waals surface area contributed by atoms with E-state index in [0.717, 1.165) is 49.1 Å². The van der Waals surface area contributed by atoms with Gasteiger partial charge in [-0.1, -0.05) is 44.0 Å². The Bertz CT molecular complexity index is 791. The zero-order valence-electron chi connectivity index (χ0n) is 19.4. The van der Waals surface area contributed by atoms with Crippen LogP contribution in [0.15, 0.2) is 36.0 Å². The average Bonchev–Trinajstić information content (AvgIpc) is 3.60. The van der Waals surface area contributed by atoms with Gasteiger partial charge in [-0.05, 0) is 50.2 Å². The molecule has 1 heterocycles. The molecule has 0 saturated heterocycles. The van der Waals surface area contributed by atoms with Crippen molar-refractivity contribution in [2.24, 2.45) is 5.92 Å². The molecule has 2 aliphatic rings. The molecule has 1 aromatic rings. The van der Waals surface area contributed by atoms with Gasteiger partial charge in [0.25, 0.3) is 0 Å². The third kappa shape index (κ3) is 8.19. The molecule has 0 aromatic heterocycles. The normalized spacial score (nSPS) is 25.4. The minimum Gasteiger partial charge on any atom is -0.492 e. The molecule has 1 fully saturated rings. The number of allylic oxidation sites excluding steroid dienone is 1. The zero-order valence-corrected chi connectivity index (χ0v) is 19.4. The molecule has 1 aromatic carbocycles. The van der Waals surface area contributed by atoms with Crippen LogP contribution in [0.25, 0.3) is 0 Å². The zero-order chi connectivity index (χ0) is 22.8. The summed E-state index contributed by atoms with van der Waals surface area (Å²) < 4.78 is 6.09. The molecule has 7 nitrogen and oxygen atoms in total. The number of ether oxygens (including phenoxy) is 1. The SMILES string of the molecule is CCC=C1CN[C@@H](C)COc2ccccc2CCCNC(=O)C(CC2CC2)NC(=O)CN1. The van der Waals surface area contributed by atoms with Gasteiger partial charge in [-0.15, -0.1) is 0 Å². The molecule has 3 rings (SSSR count). The second-order valence-electron chi connectivity index (χ2n) is 8.89. The third-order valence-corrected chi connectivity index (χ3v) is 5.87. The van der Waals surface area contributed by atoms with E-state index in [0.29, 0.717) is 32.0 Å². The van der Waals surface area contributed by atoms with Gasteiger partial charge in [-0.3, -0.25) is 9.59 Å². The number of hydrogen-bond acceptors (Lipinski definition) is 5. The molecule has 0 spiro atoms. The number of nitrogens with one attached hydrogen (secondary N) is 4. The molecule has 1 aliphatic carbocycles. The molecule has 7 heteroatoms. The van der Waals surface area contributed by atoms with E-state index in [2.05, 4.69) is 47.3 Å². The smallest absolute Gasteiger partial charge is 0.242 e. The van der Waals surface area contributed by atoms with Gasteiger partial charge in [-0.2, -0.15) is 0 Å². The first-order valence-corrected chi connectivity index (χ1v) is 12.0. The van der Waals surface area contributed by atoms with E-state index in [-0.39, 0.29) is 24.4 Å². The molecule has 176 valence electrons. The summed E-state index contributed by atoms with van der Waals surface area (Å²) in [6.07, 6.45) is 7.59. The lowest BCUT2D eigenvalue weighted by Gasteiger charge is -2.21. The van der Waals surface area contributed by atoms with Crippen LogP contribution in [0.2, 0.25) is 0 Å². The molecular weight excluding hydrogens is 404 g/mol. The monoisotopic (exact) mass is 442 g/mol. The first-order chi connectivity index (χ1) is 15.5. The number of aryl methyl sites for hydroxylation is 1. The van der Waals surface area contributed by atoms with Crippen molar-refractivity contribution < 1.29 is 14.3 Å². The number of rotatable bonds is 3. The first-order valence-electron chi connectivity index (χ1n) is 12.0. The predicted molar refractivity (Wildman–Crippen MR) is 126 cm³/mol. The average molecular weight is 443 g/mol. The fourth-order valence-electron chi connectivity index (χ4n) is 3.83. The Kier molecular flexibility index (Phi) is 9.41. The number of fused-ring (bicyclic) bond motifs is 1. The summed E-state index contributed by atoms with van der Waals surface area (Å²) in [5.74, 6) is 1.20. The number of para-hydroxylation sites is 1. The van der Waals surface area contributed by atoms with Gasteiger partial charge >= 0.3 is 0 Å². The quantitative estimate of drug-likeness (QED) is 0.577. The van der Waals surface area contributed by atoms with Crippen LogP contribution in [-0.2, 0) is 16.0 Å².